The maximum atomic E-state index is 11.5. The molecule has 0 spiro atoms. The maximum Gasteiger partial charge on any atom is 0.295 e. The van der Waals surface area contributed by atoms with Crippen molar-refractivity contribution in [2.45, 2.75) is 26.0 Å². The number of ether oxygens (including phenoxy) is 1. The van der Waals surface area contributed by atoms with Crippen LogP contribution in [0.3, 0.4) is 0 Å². The summed E-state index contributed by atoms with van der Waals surface area (Å²) in [6.45, 7) is 3.40. The minimum Gasteiger partial charge on any atom is -0.444 e. The summed E-state index contributed by atoms with van der Waals surface area (Å²) in [7, 11) is 0. The number of carbonyl (C=O) groups is 2. The van der Waals surface area contributed by atoms with Crippen LogP contribution in [0.5, 0.6) is 0 Å². The van der Waals surface area contributed by atoms with Crippen molar-refractivity contribution in [1.29, 1.82) is 0 Å². The molecule has 2 atom stereocenters. The van der Waals surface area contributed by atoms with E-state index in [9.17, 15) is 9.59 Å². The van der Waals surface area contributed by atoms with E-state index in [2.05, 4.69) is 0 Å². The minimum absolute atomic E-state index is 0.0382. The molecule has 0 bridgehead atoms. The highest BCUT2D eigenvalue weighted by Gasteiger charge is 2.33. The van der Waals surface area contributed by atoms with Crippen LogP contribution in [0.2, 0.25) is 0 Å². The third kappa shape index (κ3) is 2.45. The van der Waals surface area contributed by atoms with Crippen molar-refractivity contribution < 1.29 is 14.3 Å². The van der Waals surface area contributed by atoms with Crippen molar-refractivity contribution in [3.05, 3.63) is 0 Å². The molecule has 14 heavy (non-hydrogen) atoms. The highest BCUT2D eigenvalue weighted by Crippen LogP contribution is 2.23. The highest BCUT2D eigenvalue weighted by atomic mass is 16.5. The average Bonchev–Trinajstić information content (AvgIpc) is 2.48. The predicted octanol–water partition coefficient (Wildman–Crippen LogP) is -0.297. The third-order valence-electron chi connectivity index (χ3n) is 2.35. The lowest BCUT2D eigenvalue weighted by Crippen LogP contribution is -2.38. The van der Waals surface area contributed by atoms with Crippen LogP contribution in [0, 0.1) is 5.92 Å². The Bertz CT molecular complexity index is 220. The fourth-order valence-corrected chi connectivity index (χ4v) is 1.72. The lowest BCUT2D eigenvalue weighted by atomic mass is 10.1. The Morgan fingerprint density at radius 3 is 3.00 bits per heavy atom. The lowest BCUT2D eigenvalue weighted by molar-refractivity contribution is -0.150. The Labute approximate surface area is 83.2 Å². The molecule has 2 N–H and O–H groups in total. The van der Waals surface area contributed by atoms with Gasteiger partial charge in [-0.3, -0.25) is 9.59 Å². The summed E-state index contributed by atoms with van der Waals surface area (Å²) in [6.07, 6.45) is 0.641. The first-order valence-corrected chi connectivity index (χ1v) is 4.77. The molecule has 0 radical (unpaired) electrons. The number of nitrogens with two attached hydrogens (primary N) is 1. The van der Waals surface area contributed by atoms with E-state index in [-0.39, 0.29) is 12.1 Å². The molecule has 1 rings (SSSR count). The zero-order valence-corrected chi connectivity index (χ0v) is 8.31. The van der Waals surface area contributed by atoms with E-state index in [4.69, 9.17) is 10.5 Å². The Morgan fingerprint density at radius 2 is 2.43 bits per heavy atom. The van der Waals surface area contributed by atoms with Crippen LogP contribution >= 0.6 is 0 Å². The highest BCUT2D eigenvalue weighted by molar-refractivity contribution is 5.77. The van der Waals surface area contributed by atoms with Crippen molar-refractivity contribution in [3.8, 4) is 0 Å². The van der Waals surface area contributed by atoms with Crippen molar-refractivity contribution in [3.63, 3.8) is 0 Å². The zero-order chi connectivity index (χ0) is 10.6. The minimum atomic E-state index is -0.387. The molecule has 1 heterocycles. The summed E-state index contributed by atoms with van der Waals surface area (Å²) in [5.74, 6) is 0.338. The molecule has 0 aliphatic carbocycles. The van der Waals surface area contributed by atoms with Gasteiger partial charge in [-0.05, 0) is 5.92 Å². The second-order valence-corrected chi connectivity index (χ2v) is 3.61. The number of amides is 1. The normalized spacial score (nSPS) is 26.3. The number of hydrogen-bond acceptors (Lipinski definition) is 4. The summed E-state index contributed by atoms with van der Waals surface area (Å²) < 4.78 is 4.84. The van der Waals surface area contributed by atoms with Gasteiger partial charge in [0.1, 0.15) is 0 Å². The van der Waals surface area contributed by atoms with Gasteiger partial charge in [-0.1, -0.05) is 6.92 Å². The van der Waals surface area contributed by atoms with E-state index >= 15 is 0 Å². The van der Waals surface area contributed by atoms with Gasteiger partial charge in [0.2, 0.25) is 5.91 Å². The van der Waals surface area contributed by atoms with Gasteiger partial charge >= 0.3 is 0 Å². The maximum absolute atomic E-state index is 11.5. The summed E-state index contributed by atoms with van der Waals surface area (Å²) >= 11 is 0. The molecule has 5 heteroatoms. The second-order valence-electron chi connectivity index (χ2n) is 3.61. The molecular weight excluding hydrogens is 184 g/mol. The number of rotatable bonds is 4. The standard InChI is InChI=1S/C9H16N2O3/c1-7-4-9(14-6-12)11(5-7)8(13)2-3-10/h6-7,9H,2-5,10H2,1H3. The second kappa shape index (κ2) is 4.95. The Morgan fingerprint density at radius 1 is 1.71 bits per heavy atom. The predicted molar refractivity (Wildman–Crippen MR) is 50.1 cm³/mol. The van der Waals surface area contributed by atoms with Gasteiger partial charge in [0.25, 0.3) is 6.47 Å². The van der Waals surface area contributed by atoms with E-state index < -0.39 is 0 Å². The molecular formula is C9H16N2O3. The molecule has 0 aromatic carbocycles. The van der Waals surface area contributed by atoms with Crippen LogP contribution in [0.25, 0.3) is 0 Å². The van der Waals surface area contributed by atoms with Crippen LogP contribution in [-0.4, -0.2) is 36.6 Å². The molecule has 0 aromatic rings. The Hall–Kier alpha value is -1.10. The summed E-state index contributed by atoms with van der Waals surface area (Å²) in [5.41, 5.74) is 5.29. The zero-order valence-electron chi connectivity index (χ0n) is 8.31. The monoisotopic (exact) mass is 200 g/mol. The molecule has 5 nitrogen and oxygen atoms in total. The number of nitrogens with zero attached hydrogens (tertiary/aromatic N) is 1. The van der Waals surface area contributed by atoms with Crippen LogP contribution in [0.1, 0.15) is 19.8 Å². The van der Waals surface area contributed by atoms with Gasteiger partial charge in [0.05, 0.1) is 0 Å². The summed E-state index contributed by atoms with van der Waals surface area (Å²) in [4.78, 5) is 23.3. The quantitative estimate of drug-likeness (QED) is 0.632. The summed E-state index contributed by atoms with van der Waals surface area (Å²) in [6, 6.07) is 0. The van der Waals surface area contributed by atoms with Gasteiger partial charge in [-0.15, -0.1) is 0 Å². The lowest BCUT2D eigenvalue weighted by Gasteiger charge is -2.22. The van der Waals surface area contributed by atoms with Crippen LogP contribution in [0.4, 0.5) is 0 Å². The average molecular weight is 200 g/mol. The molecule has 1 aliphatic heterocycles. The Kier molecular flexibility index (Phi) is 3.88. The number of likely N-dealkylation sites (tertiary alicyclic amines) is 1. The molecule has 1 aliphatic rings. The molecule has 0 aromatic heterocycles. The first kappa shape index (κ1) is 11.0. The van der Waals surface area contributed by atoms with E-state index in [1.54, 1.807) is 4.90 Å². The largest absolute Gasteiger partial charge is 0.444 e. The SMILES string of the molecule is CC1CC(OC=O)N(C(=O)CCN)C1. The first-order chi connectivity index (χ1) is 6.69. The van der Waals surface area contributed by atoms with Crippen molar-refractivity contribution >= 4 is 12.4 Å². The number of hydrogen-bond donors (Lipinski definition) is 1. The van der Waals surface area contributed by atoms with Gasteiger partial charge in [0, 0.05) is 25.9 Å². The molecule has 1 saturated heterocycles. The fraction of sp³-hybridized carbons (Fsp3) is 0.778. The fourth-order valence-electron chi connectivity index (χ4n) is 1.72. The van der Waals surface area contributed by atoms with Gasteiger partial charge in [0.15, 0.2) is 6.23 Å². The third-order valence-corrected chi connectivity index (χ3v) is 2.35. The summed E-state index contributed by atoms with van der Waals surface area (Å²) in [5, 5.41) is 0. The Balaban J connectivity index is 2.56. The van der Waals surface area contributed by atoms with E-state index in [1.807, 2.05) is 6.92 Å². The van der Waals surface area contributed by atoms with Crippen molar-refractivity contribution in [2.75, 3.05) is 13.1 Å². The van der Waals surface area contributed by atoms with Gasteiger partial charge in [-0.25, -0.2) is 0 Å². The van der Waals surface area contributed by atoms with E-state index in [0.717, 1.165) is 6.42 Å². The van der Waals surface area contributed by atoms with Gasteiger partial charge in [-0.2, -0.15) is 0 Å². The molecule has 1 amide bonds. The molecule has 80 valence electrons. The van der Waals surface area contributed by atoms with Crippen molar-refractivity contribution in [1.82, 2.24) is 4.90 Å². The topological polar surface area (TPSA) is 72.6 Å². The van der Waals surface area contributed by atoms with E-state index in [0.29, 0.717) is 31.9 Å². The van der Waals surface area contributed by atoms with Crippen molar-refractivity contribution in [2.24, 2.45) is 11.7 Å². The first-order valence-electron chi connectivity index (χ1n) is 4.77. The molecule has 2 unspecified atom stereocenters. The van der Waals surface area contributed by atoms with Gasteiger partial charge < -0.3 is 15.4 Å². The van der Waals surface area contributed by atoms with Crippen LogP contribution < -0.4 is 5.73 Å². The van der Waals surface area contributed by atoms with E-state index in [1.165, 1.54) is 0 Å². The molecule has 1 fully saturated rings. The smallest absolute Gasteiger partial charge is 0.295 e. The number of carbonyl (C=O) groups excluding carboxylic acids is 2. The van der Waals surface area contributed by atoms with Crippen LogP contribution in [0.15, 0.2) is 0 Å². The van der Waals surface area contributed by atoms with Crippen LogP contribution in [-0.2, 0) is 14.3 Å². The molecule has 0 saturated carbocycles.